The summed E-state index contributed by atoms with van der Waals surface area (Å²) in [4.78, 5) is 23.6. The number of carbonyl (C=O) groups excluding carboxylic acids is 2. The Hall–Kier alpha value is -2.30. The van der Waals surface area contributed by atoms with Gasteiger partial charge in [-0.2, -0.15) is 0 Å². The molecule has 106 valence electrons. The van der Waals surface area contributed by atoms with E-state index in [-0.39, 0.29) is 11.8 Å². The van der Waals surface area contributed by atoms with Gasteiger partial charge in [0.2, 0.25) is 5.91 Å². The van der Waals surface area contributed by atoms with Gasteiger partial charge in [-0.1, -0.05) is 31.5 Å². The lowest BCUT2D eigenvalue weighted by Crippen LogP contribution is -2.41. The molecule has 2 N–H and O–H groups in total. The van der Waals surface area contributed by atoms with Gasteiger partial charge in [0.05, 0.1) is 5.56 Å². The maximum atomic E-state index is 12.1. The molecule has 0 radical (unpaired) electrons. The molecule has 2 aromatic rings. The highest BCUT2D eigenvalue weighted by atomic mass is 16.2. The number of carbonyl (C=O) groups is 2. The minimum absolute atomic E-state index is 0.166. The van der Waals surface area contributed by atoms with Gasteiger partial charge in [-0.05, 0) is 12.5 Å². The first kappa shape index (κ1) is 14.1. The quantitative estimate of drug-likeness (QED) is 0.838. The number of rotatable bonds is 4. The van der Waals surface area contributed by atoms with Crippen molar-refractivity contribution < 1.29 is 9.59 Å². The molecule has 20 heavy (non-hydrogen) atoms. The van der Waals surface area contributed by atoms with Crippen molar-refractivity contribution in [2.24, 2.45) is 7.05 Å². The number of nitrogens with zero attached hydrogens (tertiary/aromatic N) is 1. The predicted molar refractivity (Wildman–Crippen MR) is 78.1 cm³/mol. The highest BCUT2D eigenvalue weighted by Gasteiger charge is 2.13. The number of hydrogen-bond acceptors (Lipinski definition) is 2. The van der Waals surface area contributed by atoms with Gasteiger partial charge in [-0.15, -0.1) is 0 Å². The van der Waals surface area contributed by atoms with Crippen molar-refractivity contribution in [2.45, 2.75) is 26.2 Å². The van der Waals surface area contributed by atoms with E-state index in [4.69, 9.17) is 0 Å². The van der Waals surface area contributed by atoms with Crippen molar-refractivity contribution in [3.8, 4) is 0 Å². The number of benzene rings is 1. The topological polar surface area (TPSA) is 63.1 Å². The third kappa shape index (κ3) is 2.99. The van der Waals surface area contributed by atoms with Crippen LogP contribution in [0.4, 0.5) is 0 Å². The fraction of sp³-hybridized carbons (Fsp3) is 0.333. The van der Waals surface area contributed by atoms with Crippen molar-refractivity contribution in [1.82, 2.24) is 15.4 Å². The van der Waals surface area contributed by atoms with Crippen LogP contribution < -0.4 is 10.9 Å². The molecule has 0 aliphatic rings. The molecule has 0 bridgehead atoms. The standard InChI is InChI=1S/C15H19N3O2/c1-3-4-9-14(19)16-17-15(20)12-10-18(2)13-8-6-5-7-11(12)13/h5-8,10H,3-4,9H2,1-2H3,(H,16,19)(H,17,20). The minimum Gasteiger partial charge on any atom is -0.350 e. The average Bonchev–Trinajstić information content (AvgIpc) is 2.80. The van der Waals surface area contributed by atoms with Crippen LogP contribution in [0.5, 0.6) is 0 Å². The number of unbranched alkanes of at least 4 members (excludes halogenated alkanes) is 1. The van der Waals surface area contributed by atoms with Crippen LogP contribution >= 0.6 is 0 Å². The SMILES string of the molecule is CCCCC(=O)NNC(=O)c1cn(C)c2ccccc12. The monoisotopic (exact) mass is 273 g/mol. The van der Waals surface area contributed by atoms with Gasteiger partial charge in [0.1, 0.15) is 0 Å². The van der Waals surface area contributed by atoms with Gasteiger partial charge < -0.3 is 4.57 Å². The fourth-order valence-corrected chi connectivity index (χ4v) is 2.12. The molecule has 1 heterocycles. The van der Waals surface area contributed by atoms with Crippen LogP contribution in [-0.2, 0) is 11.8 Å². The normalized spacial score (nSPS) is 10.5. The highest BCUT2D eigenvalue weighted by Crippen LogP contribution is 2.19. The number of para-hydroxylation sites is 1. The molecule has 0 unspecified atom stereocenters. The van der Waals surface area contributed by atoms with Gasteiger partial charge in [0.25, 0.3) is 5.91 Å². The van der Waals surface area contributed by atoms with Crippen LogP contribution in [0.15, 0.2) is 30.5 Å². The third-order valence-electron chi connectivity index (χ3n) is 3.21. The number of hydrazine groups is 1. The molecular formula is C15H19N3O2. The van der Waals surface area contributed by atoms with Crippen molar-refractivity contribution >= 4 is 22.7 Å². The molecular weight excluding hydrogens is 254 g/mol. The Morgan fingerprint density at radius 2 is 1.95 bits per heavy atom. The molecule has 0 aliphatic carbocycles. The number of amides is 2. The van der Waals surface area contributed by atoms with Crippen LogP contribution in [0, 0.1) is 0 Å². The first-order valence-corrected chi connectivity index (χ1v) is 6.76. The van der Waals surface area contributed by atoms with Crippen LogP contribution in [0.25, 0.3) is 10.9 Å². The van der Waals surface area contributed by atoms with E-state index in [1.807, 2.05) is 42.8 Å². The molecule has 5 heteroatoms. The fourth-order valence-electron chi connectivity index (χ4n) is 2.12. The molecule has 0 saturated heterocycles. The minimum atomic E-state index is -0.299. The second-order valence-electron chi connectivity index (χ2n) is 4.78. The molecule has 0 fully saturated rings. The van der Waals surface area contributed by atoms with Crippen molar-refractivity contribution in [2.75, 3.05) is 0 Å². The van der Waals surface area contributed by atoms with E-state index in [0.29, 0.717) is 12.0 Å². The van der Waals surface area contributed by atoms with Gasteiger partial charge in [0, 0.05) is 30.6 Å². The summed E-state index contributed by atoms with van der Waals surface area (Å²) in [5, 5.41) is 0.871. The maximum absolute atomic E-state index is 12.1. The zero-order valence-electron chi connectivity index (χ0n) is 11.8. The van der Waals surface area contributed by atoms with Crippen LogP contribution in [0.3, 0.4) is 0 Å². The second kappa shape index (κ2) is 6.23. The number of nitrogens with one attached hydrogen (secondary N) is 2. The smallest absolute Gasteiger partial charge is 0.271 e. The largest absolute Gasteiger partial charge is 0.350 e. The molecule has 2 amide bonds. The number of aromatic nitrogens is 1. The maximum Gasteiger partial charge on any atom is 0.271 e. The lowest BCUT2D eigenvalue weighted by molar-refractivity contribution is -0.121. The lowest BCUT2D eigenvalue weighted by atomic mass is 10.2. The van der Waals surface area contributed by atoms with Crippen molar-refractivity contribution in [3.63, 3.8) is 0 Å². The van der Waals surface area contributed by atoms with Crippen LogP contribution in [0.1, 0.15) is 36.5 Å². The molecule has 5 nitrogen and oxygen atoms in total. The Kier molecular flexibility index (Phi) is 4.40. The van der Waals surface area contributed by atoms with E-state index in [1.165, 1.54) is 0 Å². The van der Waals surface area contributed by atoms with Gasteiger partial charge in [-0.3, -0.25) is 20.4 Å². The van der Waals surface area contributed by atoms with Gasteiger partial charge in [-0.25, -0.2) is 0 Å². The van der Waals surface area contributed by atoms with E-state index >= 15 is 0 Å². The molecule has 0 atom stereocenters. The molecule has 0 spiro atoms. The van der Waals surface area contributed by atoms with E-state index in [2.05, 4.69) is 10.9 Å². The molecule has 2 rings (SSSR count). The average molecular weight is 273 g/mol. The number of hydrogen-bond donors (Lipinski definition) is 2. The van der Waals surface area contributed by atoms with Crippen molar-refractivity contribution in [3.05, 3.63) is 36.0 Å². The summed E-state index contributed by atoms with van der Waals surface area (Å²) in [6.07, 6.45) is 3.95. The first-order valence-electron chi connectivity index (χ1n) is 6.76. The summed E-state index contributed by atoms with van der Waals surface area (Å²) < 4.78 is 1.89. The molecule has 1 aromatic heterocycles. The van der Waals surface area contributed by atoms with Crippen molar-refractivity contribution in [1.29, 1.82) is 0 Å². The Labute approximate surface area is 117 Å². The zero-order chi connectivity index (χ0) is 14.5. The van der Waals surface area contributed by atoms with E-state index in [9.17, 15) is 9.59 Å². The summed E-state index contributed by atoms with van der Waals surface area (Å²) in [5.41, 5.74) is 6.44. The summed E-state index contributed by atoms with van der Waals surface area (Å²) in [6, 6.07) is 7.66. The first-order chi connectivity index (χ1) is 9.63. The number of aryl methyl sites for hydroxylation is 1. The van der Waals surface area contributed by atoms with E-state index in [0.717, 1.165) is 23.7 Å². The molecule has 0 saturated carbocycles. The zero-order valence-corrected chi connectivity index (χ0v) is 11.8. The Balaban J connectivity index is 2.07. The Morgan fingerprint density at radius 3 is 2.70 bits per heavy atom. The summed E-state index contributed by atoms with van der Waals surface area (Å²) in [7, 11) is 1.89. The Bertz CT molecular complexity index is 631. The predicted octanol–water partition coefficient (Wildman–Crippen LogP) is 2.13. The molecule has 1 aromatic carbocycles. The summed E-state index contributed by atoms with van der Waals surface area (Å²) in [5.74, 6) is -0.466. The lowest BCUT2D eigenvalue weighted by Gasteiger charge is -2.06. The van der Waals surface area contributed by atoms with Gasteiger partial charge in [0.15, 0.2) is 0 Å². The van der Waals surface area contributed by atoms with E-state index < -0.39 is 0 Å². The second-order valence-corrected chi connectivity index (χ2v) is 4.78. The van der Waals surface area contributed by atoms with Gasteiger partial charge >= 0.3 is 0 Å². The number of fused-ring (bicyclic) bond motifs is 1. The third-order valence-corrected chi connectivity index (χ3v) is 3.21. The van der Waals surface area contributed by atoms with Crippen LogP contribution in [0.2, 0.25) is 0 Å². The highest BCUT2D eigenvalue weighted by molar-refractivity contribution is 6.07. The molecule has 0 aliphatic heterocycles. The van der Waals surface area contributed by atoms with Crippen LogP contribution in [-0.4, -0.2) is 16.4 Å². The Morgan fingerprint density at radius 1 is 1.20 bits per heavy atom. The summed E-state index contributed by atoms with van der Waals surface area (Å²) in [6.45, 7) is 2.02. The summed E-state index contributed by atoms with van der Waals surface area (Å²) >= 11 is 0. The van der Waals surface area contributed by atoms with E-state index in [1.54, 1.807) is 6.20 Å².